The maximum Gasteiger partial charge on any atom is 0.254 e. The van der Waals surface area contributed by atoms with E-state index in [-0.39, 0.29) is 5.91 Å². The summed E-state index contributed by atoms with van der Waals surface area (Å²) in [5.74, 6) is 1.61. The number of rotatable bonds is 6. The third-order valence-corrected chi connectivity index (χ3v) is 5.07. The number of likely N-dealkylation sites (tertiary alicyclic amines) is 1. The molecular weight excluding hydrogens is 370 g/mol. The van der Waals surface area contributed by atoms with Crippen LogP contribution in [0.3, 0.4) is 0 Å². The van der Waals surface area contributed by atoms with Crippen molar-refractivity contribution in [2.24, 2.45) is 0 Å². The van der Waals surface area contributed by atoms with Crippen molar-refractivity contribution in [1.29, 1.82) is 0 Å². The smallest absolute Gasteiger partial charge is 0.254 e. The van der Waals surface area contributed by atoms with Crippen molar-refractivity contribution in [2.75, 3.05) is 27.3 Å². The maximum atomic E-state index is 13.2. The standard InChI is InChI=1S/C21H23N5O3/c1-28-17-11-10-16(14-18(17)29-2)20-22-24-26(23-20)19(15-8-4-3-5-9-15)21(27)25-12-6-7-13-25/h3-5,8-11,14,19H,6-7,12-13H2,1-2H3. The van der Waals surface area contributed by atoms with E-state index in [0.717, 1.165) is 37.1 Å². The van der Waals surface area contributed by atoms with Gasteiger partial charge in [0.1, 0.15) is 0 Å². The number of methoxy groups -OCH3 is 2. The lowest BCUT2D eigenvalue weighted by molar-refractivity contribution is -0.133. The summed E-state index contributed by atoms with van der Waals surface area (Å²) in [7, 11) is 3.16. The van der Waals surface area contributed by atoms with E-state index in [1.807, 2.05) is 41.3 Å². The van der Waals surface area contributed by atoms with E-state index in [1.165, 1.54) is 4.80 Å². The Hall–Kier alpha value is -3.42. The van der Waals surface area contributed by atoms with Crippen LogP contribution in [0.15, 0.2) is 48.5 Å². The lowest BCUT2D eigenvalue weighted by Crippen LogP contribution is -2.36. The quantitative estimate of drug-likeness (QED) is 0.640. The van der Waals surface area contributed by atoms with Crippen molar-refractivity contribution in [3.63, 3.8) is 0 Å². The molecular formula is C21H23N5O3. The van der Waals surface area contributed by atoms with Crippen LogP contribution in [0.4, 0.5) is 0 Å². The SMILES string of the molecule is COc1ccc(-c2nnn(C(C(=O)N3CCCC3)c3ccccc3)n2)cc1OC. The highest BCUT2D eigenvalue weighted by Gasteiger charge is 2.31. The number of benzene rings is 2. The van der Waals surface area contributed by atoms with Crippen LogP contribution in [-0.4, -0.2) is 58.3 Å². The largest absolute Gasteiger partial charge is 0.493 e. The van der Waals surface area contributed by atoms with E-state index < -0.39 is 6.04 Å². The second-order valence-electron chi connectivity index (χ2n) is 6.85. The molecule has 2 aromatic carbocycles. The molecule has 1 atom stereocenters. The molecule has 3 aromatic rings. The Bertz CT molecular complexity index is 983. The molecule has 0 N–H and O–H groups in total. The van der Waals surface area contributed by atoms with Gasteiger partial charge in [-0.25, -0.2) is 0 Å². The fraction of sp³-hybridized carbons (Fsp3) is 0.333. The van der Waals surface area contributed by atoms with Crippen LogP contribution in [0.5, 0.6) is 11.5 Å². The predicted octanol–water partition coefficient (Wildman–Crippen LogP) is 2.57. The zero-order valence-corrected chi connectivity index (χ0v) is 16.5. The summed E-state index contributed by atoms with van der Waals surface area (Å²) in [5, 5.41) is 12.9. The fourth-order valence-electron chi connectivity index (χ4n) is 3.55. The summed E-state index contributed by atoms with van der Waals surface area (Å²) in [5.41, 5.74) is 1.56. The van der Waals surface area contributed by atoms with Crippen LogP contribution in [0.2, 0.25) is 0 Å². The Morgan fingerprint density at radius 2 is 1.72 bits per heavy atom. The molecule has 0 radical (unpaired) electrons. The Morgan fingerprint density at radius 1 is 1.00 bits per heavy atom. The number of hydrogen-bond donors (Lipinski definition) is 0. The average molecular weight is 393 g/mol. The first kappa shape index (κ1) is 18.9. The summed E-state index contributed by atoms with van der Waals surface area (Å²) in [6, 6.07) is 14.3. The molecule has 0 bridgehead atoms. The van der Waals surface area contributed by atoms with Crippen LogP contribution in [-0.2, 0) is 4.79 Å². The van der Waals surface area contributed by atoms with Crippen molar-refractivity contribution < 1.29 is 14.3 Å². The monoisotopic (exact) mass is 393 g/mol. The van der Waals surface area contributed by atoms with Crippen LogP contribution in [0.25, 0.3) is 11.4 Å². The van der Waals surface area contributed by atoms with Gasteiger partial charge < -0.3 is 14.4 Å². The lowest BCUT2D eigenvalue weighted by atomic mass is 10.1. The molecule has 4 rings (SSSR count). The average Bonchev–Trinajstić information content (AvgIpc) is 3.47. The van der Waals surface area contributed by atoms with Gasteiger partial charge in [-0.05, 0) is 41.8 Å². The first-order valence-corrected chi connectivity index (χ1v) is 9.57. The first-order chi connectivity index (χ1) is 14.2. The third kappa shape index (κ3) is 3.78. The number of aromatic nitrogens is 4. The van der Waals surface area contributed by atoms with Crippen molar-refractivity contribution >= 4 is 5.91 Å². The number of tetrazole rings is 1. The highest BCUT2D eigenvalue weighted by molar-refractivity contribution is 5.83. The van der Waals surface area contributed by atoms with Gasteiger partial charge in [0.15, 0.2) is 17.5 Å². The van der Waals surface area contributed by atoms with Gasteiger partial charge in [0.2, 0.25) is 5.82 Å². The van der Waals surface area contributed by atoms with Gasteiger partial charge in [0.05, 0.1) is 14.2 Å². The summed E-state index contributed by atoms with van der Waals surface area (Å²) >= 11 is 0. The molecule has 8 nitrogen and oxygen atoms in total. The molecule has 0 aliphatic carbocycles. The van der Waals surface area contributed by atoms with Crippen LogP contribution >= 0.6 is 0 Å². The first-order valence-electron chi connectivity index (χ1n) is 9.57. The summed E-state index contributed by atoms with van der Waals surface area (Å²) in [6.07, 6.45) is 2.05. The van der Waals surface area contributed by atoms with Gasteiger partial charge >= 0.3 is 0 Å². The van der Waals surface area contributed by atoms with E-state index >= 15 is 0 Å². The van der Waals surface area contributed by atoms with Crippen LogP contribution in [0.1, 0.15) is 24.4 Å². The molecule has 1 aliphatic rings. The van der Waals surface area contributed by atoms with Gasteiger partial charge in [-0.15, -0.1) is 15.0 Å². The normalized spacial score (nSPS) is 14.6. The van der Waals surface area contributed by atoms with Gasteiger partial charge in [-0.3, -0.25) is 4.79 Å². The minimum absolute atomic E-state index is 0.00929. The highest BCUT2D eigenvalue weighted by atomic mass is 16.5. The molecule has 1 fully saturated rings. The Labute approximate surface area is 169 Å². The molecule has 1 aliphatic heterocycles. The van der Waals surface area contributed by atoms with Crippen molar-refractivity contribution in [3.8, 4) is 22.9 Å². The second-order valence-corrected chi connectivity index (χ2v) is 6.85. The van der Waals surface area contributed by atoms with E-state index in [4.69, 9.17) is 9.47 Å². The van der Waals surface area contributed by atoms with Crippen molar-refractivity contribution in [3.05, 3.63) is 54.1 Å². The Balaban J connectivity index is 1.70. The maximum absolute atomic E-state index is 13.2. The van der Waals surface area contributed by atoms with E-state index in [9.17, 15) is 4.79 Å². The minimum atomic E-state index is -0.643. The predicted molar refractivity (Wildman–Crippen MR) is 107 cm³/mol. The molecule has 0 saturated carbocycles. The molecule has 150 valence electrons. The number of carbonyl (C=O) groups is 1. The summed E-state index contributed by atoms with van der Waals surface area (Å²) < 4.78 is 10.6. The Morgan fingerprint density at radius 3 is 2.41 bits per heavy atom. The second kappa shape index (κ2) is 8.30. The van der Waals surface area contributed by atoms with Gasteiger partial charge in [0, 0.05) is 18.7 Å². The summed E-state index contributed by atoms with van der Waals surface area (Å²) in [4.78, 5) is 16.5. The molecule has 29 heavy (non-hydrogen) atoms. The minimum Gasteiger partial charge on any atom is -0.493 e. The molecule has 0 spiro atoms. The molecule has 1 amide bonds. The number of amides is 1. The van der Waals surface area contributed by atoms with Crippen LogP contribution in [0, 0.1) is 0 Å². The van der Waals surface area contributed by atoms with Crippen molar-refractivity contribution in [1.82, 2.24) is 25.1 Å². The van der Waals surface area contributed by atoms with Crippen molar-refractivity contribution in [2.45, 2.75) is 18.9 Å². The van der Waals surface area contributed by atoms with E-state index in [2.05, 4.69) is 15.4 Å². The molecule has 1 aromatic heterocycles. The highest BCUT2D eigenvalue weighted by Crippen LogP contribution is 2.31. The van der Waals surface area contributed by atoms with Gasteiger partial charge in [-0.2, -0.15) is 0 Å². The lowest BCUT2D eigenvalue weighted by Gasteiger charge is -2.22. The topological polar surface area (TPSA) is 82.4 Å². The molecule has 8 heteroatoms. The molecule has 1 unspecified atom stereocenters. The number of ether oxygens (including phenoxy) is 2. The van der Waals surface area contributed by atoms with Gasteiger partial charge in [-0.1, -0.05) is 30.3 Å². The zero-order valence-electron chi connectivity index (χ0n) is 16.5. The number of carbonyl (C=O) groups excluding carboxylic acids is 1. The van der Waals surface area contributed by atoms with E-state index in [1.54, 1.807) is 26.4 Å². The number of hydrogen-bond acceptors (Lipinski definition) is 6. The molecule has 1 saturated heterocycles. The van der Waals surface area contributed by atoms with E-state index in [0.29, 0.717) is 17.3 Å². The van der Waals surface area contributed by atoms with Gasteiger partial charge in [0.25, 0.3) is 5.91 Å². The number of nitrogens with zero attached hydrogens (tertiary/aromatic N) is 5. The van der Waals surface area contributed by atoms with Crippen LogP contribution < -0.4 is 9.47 Å². The third-order valence-electron chi connectivity index (χ3n) is 5.07. The molecule has 2 heterocycles. The fourth-order valence-corrected chi connectivity index (χ4v) is 3.55. The Kier molecular flexibility index (Phi) is 5.41. The summed E-state index contributed by atoms with van der Waals surface area (Å²) in [6.45, 7) is 1.53. The zero-order chi connectivity index (χ0) is 20.2.